The molecule has 0 saturated heterocycles. The lowest BCUT2D eigenvalue weighted by atomic mass is 9.97. The number of amides is 2. The van der Waals surface area contributed by atoms with Gasteiger partial charge in [-0.15, -0.1) is 0 Å². The molecule has 2 amide bonds. The number of fused-ring (bicyclic) bond motifs is 3. The van der Waals surface area contributed by atoms with Crippen molar-refractivity contribution < 1.29 is 24.2 Å². The van der Waals surface area contributed by atoms with E-state index in [2.05, 4.69) is 17.4 Å². The zero-order valence-corrected chi connectivity index (χ0v) is 20.3. The van der Waals surface area contributed by atoms with Crippen LogP contribution in [0.3, 0.4) is 0 Å². The first-order valence-corrected chi connectivity index (χ1v) is 11.8. The molecule has 0 bridgehead atoms. The molecule has 0 saturated carbocycles. The Balaban J connectivity index is 1.72. The second-order valence-corrected chi connectivity index (χ2v) is 9.34. The summed E-state index contributed by atoms with van der Waals surface area (Å²) in [7, 11) is 0. The summed E-state index contributed by atoms with van der Waals surface area (Å²) in [6.07, 6.45) is -0.0387. The van der Waals surface area contributed by atoms with Crippen LogP contribution >= 0.6 is 0 Å². The van der Waals surface area contributed by atoms with Crippen molar-refractivity contribution in [1.29, 1.82) is 0 Å². The van der Waals surface area contributed by atoms with Gasteiger partial charge in [-0.25, -0.2) is 4.79 Å². The van der Waals surface area contributed by atoms with Gasteiger partial charge in [-0.2, -0.15) is 0 Å². The number of nitrogens with zero attached hydrogens (tertiary/aromatic N) is 1. The number of ether oxygens (including phenoxy) is 1. The van der Waals surface area contributed by atoms with Crippen molar-refractivity contribution >= 4 is 18.0 Å². The molecule has 2 aromatic carbocycles. The Bertz CT molecular complexity index is 990. The Labute approximate surface area is 201 Å². The van der Waals surface area contributed by atoms with Crippen molar-refractivity contribution in [2.45, 2.75) is 46.1 Å². The van der Waals surface area contributed by atoms with E-state index in [-0.39, 0.29) is 24.4 Å². The van der Waals surface area contributed by atoms with Crippen LogP contribution in [0.5, 0.6) is 0 Å². The van der Waals surface area contributed by atoms with Crippen molar-refractivity contribution in [2.24, 2.45) is 11.8 Å². The number of nitrogens with one attached hydrogen (secondary N) is 1. The monoisotopic (exact) mass is 466 g/mol. The van der Waals surface area contributed by atoms with Gasteiger partial charge in [0.25, 0.3) is 0 Å². The first-order valence-electron chi connectivity index (χ1n) is 11.8. The fourth-order valence-electron chi connectivity index (χ4n) is 4.48. The maximum absolute atomic E-state index is 13.2. The van der Waals surface area contributed by atoms with Gasteiger partial charge in [-0.1, -0.05) is 82.6 Å². The molecule has 0 aliphatic heterocycles. The number of hydrogen-bond donors (Lipinski definition) is 2. The average Bonchev–Trinajstić information content (AvgIpc) is 3.13. The quantitative estimate of drug-likeness (QED) is 0.537. The van der Waals surface area contributed by atoms with Crippen molar-refractivity contribution in [1.82, 2.24) is 10.2 Å². The zero-order valence-electron chi connectivity index (χ0n) is 20.3. The molecule has 7 heteroatoms. The Morgan fingerprint density at radius 3 is 2.06 bits per heavy atom. The third-order valence-corrected chi connectivity index (χ3v) is 6.32. The van der Waals surface area contributed by atoms with E-state index < -0.39 is 30.6 Å². The maximum atomic E-state index is 13.2. The minimum atomic E-state index is -1.09. The Kier molecular flexibility index (Phi) is 8.31. The second-order valence-electron chi connectivity index (χ2n) is 9.34. The summed E-state index contributed by atoms with van der Waals surface area (Å²) in [5, 5.41) is 12.0. The highest BCUT2D eigenvalue weighted by atomic mass is 16.5. The lowest BCUT2D eigenvalue weighted by Crippen LogP contribution is -2.53. The minimum Gasteiger partial charge on any atom is -0.480 e. The van der Waals surface area contributed by atoms with Gasteiger partial charge in [0.1, 0.15) is 19.2 Å². The van der Waals surface area contributed by atoms with E-state index in [0.717, 1.165) is 22.3 Å². The van der Waals surface area contributed by atoms with Gasteiger partial charge in [-0.3, -0.25) is 9.59 Å². The third-order valence-electron chi connectivity index (χ3n) is 6.32. The van der Waals surface area contributed by atoms with Gasteiger partial charge in [-0.05, 0) is 34.1 Å². The molecule has 182 valence electrons. The molecule has 0 heterocycles. The molecule has 34 heavy (non-hydrogen) atoms. The molecule has 0 spiro atoms. The molecule has 1 aliphatic rings. The van der Waals surface area contributed by atoms with E-state index >= 15 is 0 Å². The largest absolute Gasteiger partial charge is 0.480 e. The summed E-state index contributed by atoms with van der Waals surface area (Å²) in [5.41, 5.74) is 4.49. The summed E-state index contributed by atoms with van der Waals surface area (Å²) < 4.78 is 5.62. The van der Waals surface area contributed by atoms with Crippen LogP contribution in [-0.4, -0.2) is 53.7 Å². The van der Waals surface area contributed by atoms with E-state index in [1.54, 1.807) is 0 Å². The number of carboxylic acids is 1. The maximum Gasteiger partial charge on any atom is 0.407 e. The van der Waals surface area contributed by atoms with Crippen molar-refractivity contribution in [2.75, 3.05) is 19.7 Å². The first-order chi connectivity index (χ1) is 16.2. The predicted octanol–water partition coefficient (Wildman–Crippen LogP) is 4.51. The smallest absolute Gasteiger partial charge is 0.407 e. The van der Waals surface area contributed by atoms with E-state index in [1.165, 1.54) is 4.90 Å². The number of aliphatic carboxylic acids is 1. The van der Waals surface area contributed by atoms with Crippen LogP contribution in [0.1, 0.15) is 51.2 Å². The van der Waals surface area contributed by atoms with Gasteiger partial charge in [0.2, 0.25) is 5.91 Å². The molecule has 1 aliphatic carbocycles. The van der Waals surface area contributed by atoms with E-state index in [0.29, 0.717) is 13.0 Å². The van der Waals surface area contributed by atoms with E-state index in [4.69, 9.17) is 4.74 Å². The Morgan fingerprint density at radius 1 is 1.00 bits per heavy atom. The lowest BCUT2D eigenvalue weighted by molar-refractivity contribution is -0.146. The SMILES string of the molecule is CC[C@H](C)[C@H](NC(=O)OCC1c2ccccc2-c2ccccc21)C(=O)N(CC(=O)O)CC(C)C. The van der Waals surface area contributed by atoms with Crippen LogP contribution in [0.2, 0.25) is 0 Å². The van der Waals surface area contributed by atoms with Crippen LogP contribution in [0.25, 0.3) is 11.1 Å². The number of carbonyl (C=O) groups is 3. The first kappa shape index (κ1) is 25.3. The van der Waals surface area contributed by atoms with Crippen molar-refractivity contribution in [3.8, 4) is 11.1 Å². The fraction of sp³-hybridized carbons (Fsp3) is 0.444. The molecule has 0 aromatic heterocycles. The van der Waals surface area contributed by atoms with Crippen LogP contribution in [0.15, 0.2) is 48.5 Å². The third kappa shape index (κ3) is 5.76. The highest BCUT2D eigenvalue weighted by Crippen LogP contribution is 2.44. The Morgan fingerprint density at radius 2 is 1.56 bits per heavy atom. The summed E-state index contributed by atoms with van der Waals surface area (Å²) in [5.74, 6) is -1.66. The predicted molar refractivity (Wildman–Crippen MR) is 131 cm³/mol. The van der Waals surface area contributed by atoms with Crippen molar-refractivity contribution in [3.63, 3.8) is 0 Å². The van der Waals surface area contributed by atoms with Crippen LogP contribution in [-0.2, 0) is 14.3 Å². The van der Waals surface area contributed by atoms with Gasteiger partial charge in [0.15, 0.2) is 0 Å². The normalized spacial score (nSPS) is 14.1. The molecular formula is C27H34N2O5. The topological polar surface area (TPSA) is 95.9 Å². The molecule has 0 radical (unpaired) electrons. The fourth-order valence-corrected chi connectivity index (χ4v) is 4.48. The standard InChI is InChI=1S/C27H34N2O5/c1-5-18(4)25(26(32)29(14-17(2)3)15-24(30)31)28-27(33)34-16-23-21-12-8-6-10-19(21)20-11-7-9-13-22(20)23/h6-13,17-18,23,25H,5,14-16H2,1-4H3,(H,28,33)(H,30,31)/t18-,25-/m0/s1. The summed E-state index contributed by atoms with van der Waals surface area (Å²) in [6, 6.07) is 15.3. The summed E-state index contributed by atoms with van der Waals surface area (Å²) in [6.45, 7) is 7.65. The number of carboxylic acid groups (broad SMARTS) is 1. The molecular weight excluding hydrogens is 432 g/mol. The number of rotatable bonds is 10. The van der Waals surface area contributed by atoms with E-state index in [1.807, 2.05) is 64.1 Å². The Hall–Kier alpha value is -3.35. The molecule has 2 atom stereocenters. The van der Waals surface area contributed by atoms with E-state index in [9.17, 15) is 19.5 Å². The molecule has 7 nitrogen and oxygen atoms in total. The van der Waals surface area contributed by atoms with Gasteiger partial charge in [0, 0.05) is 12.5 Å². The highest BCUT2D eigenvalue weighted by molar-refractivity contribution is 5.88. The lowest BCUT2D eigenvalue weighted by Gasteiger charge is -2.30. The molecule has 2 N–H and O–H groups in total. The average molecular weight is 467 g/mol. The number of hydrogen-bond acceptors (Lipinski definition) is 4. The number of carbonyl (C=O) groups excluding carboxylic acids is 2. The summed E-state index contributed by atoms with van der Waals surface area (Å²) >= 11 is 0. The van der Waals surface area contributed by atoms with Gasteiger partial charge >= 0.3 is 12.1 Å². The molecule has 0 unspecified atom stereocenters. The van der Waals surface area contributed by atoms with Gasteiger partial charge < -0.3 is 20.1 Å². The van der Waals surface area contributed by atoms with Crippen LogP contribution < -0.4 is 5.32 Å². The summed E-state index contributed by atoms with van der Waals surface area (Å²) in [4.78, 5) is 38.7. The number of alkyl carbamates (subject to hydrolysis) is 1. The van der Waals surface area contributed by atoms with Crippen molar-refractivity contribution in [3.05, 3.63) is 59.7 Å². The zero-order chi connectivity index (χ0) is 24.8. The van der Waals surface area contributed by atoms with Crippen LogP contribution in [0.4, 0.5) is 4.79 Å². The molecule has 2 aromatic rings. The van der Waals surface area contributed by atoms with Gasteiger partial charge in [0.05, 0.1) is 0 Å². The molecule has 3 rings (SSSR count). The highest BCUT2D eigenvalue weighted by Gasteiger charge is 2.33. The molecule has 0 fully saturated rings. The number of benzene rings is 2. The second kappa shape index (κ2) is 11.2. The minimum absolute atomic E-state index is 0.0830. The van der Waals surface area contributed by atoms with Crippen LogP contribution in [0, 0.1) is 11.8 Å².